The van der Waals surface area contributed by atoms with Gasteiger partial charge in [-0.05, 0) is 54.8 Å². The Morgan fingerprint density at radius 2 is 1.79 bits per heavy atom. The summed E-state index contributed by atoms with van der Waals surface area (Å²) in [5, 5.41) is 12.7. The smallest absolute Gasteiger partial charge is 0.309 e. The predicted octanol–water partition coefficient (Wildman–Crippen LogP) is 3.63. The second-order valence-corrected chi connectivity index (χ2v) is 5.88. The van der Waals surface area contributed by atoms with Crippen LogP contribution in [-0.2, 0) is 16.0 Å². The van der Waals surface area contributed by atoms with Crippen LogP contribution in [-0.4, -0.2) is 24.1 Å². The molecule has 0 aliphatic carbocycles. The molecule has 0 atom stereocenters. The van der Waals surface area contributed by atoms with E-state index < -0.39 is 0 Å². The van der Waals surface area contributed by atoms with Crippen molar-refractivity contribution >= 4 is 29.2 Å². The van der Waals surface area contributed by atoms with Gasteiger partial charge in [0, 0.05) is 5.56 Å². The highest BCUT2D eigenvalue weighted by Crippen LogP contribution is 2.26. The molecule has 0 radical (unpaired) electrons. The molecule has 24 heavy (non-hydrogen) atoms. The molecular formula is C18H18ClNO4. The lowest BCUT2D eigenvalue weighted by Crippen LogP contribution is -2.15. The first kappa shape index (κ1) is 17.8. The van der Waals surface area contributed by atoms with Gasteiger partial charge >= 0.3 is 5.97 Å². The molecule has 0 saturated heterocycles. The Morgan fingerprint density at radius 1 is 1.17 bits per heavy atom. The minimum Gasteiger partial charge on any atom is -0.508 e. The van der Waals surface area contributed by atoms with Gasteiger partial charge in [0.1, 0.15) is 5.75 Å². The largest absolute Gasteiger partial charge is 0.508 e. The number of esters is 1. The Morgan fingerprint density at radius 3 is 2.38 bits per heavy atom. The maximum Gasteiger partial charge on any atom is 0.309 e. The van der Waals surface area contributed by atoms with Crippen LogP contribution >= 0.6 is 11.6 Å². The van der Waals surface area contributed by atoms with E-state index in [1.165, 1.54) is 19.2 Å². The third kappa shape index (κ3) is 4.06. The van der Waals surface area contributed by atoms with E-state index in [-0.39, 0.29) is 24.0 Å². The van der Waals surface area contributed by atoms with Crippen LogP contribution in [0.2, 0.25) is 5.02 Å². The summed E-state index contributed by atoms with van der Waals surface area (Å²) in [6.45, 7) is 3.49. The summed E-state index contributed by atoms with van der Waals surface area (Å²) in [6, 6.07) is 8.01. The van der Waals surface area contributed by atoms with Crippen LogP contribution in [0.15, 0.2) is 30.3 Å². The van der Waals surface area contributed by atoms with Crippen molar-refractivity contribution < 1.29 is 19.4 Å². The molecule has 0 aliphatic heterocycles. The van der Waals surface area contributed by atoms with E-state index in [4.69, 9.17) is 11.6 Å². The van der Waals surface area contributed by atoms with Crippen molar-refractivity contribution in [3.8, 4) is 5.75 Å². The zero-order chi connectivity index (χ0) is 17.9. The van der Waals surface area contributed by atoms with Crippen LogP contribution in [0.1, 0.15) is 27.0 Å². The molecule has 0 aliphatic rings. The zero-order valence-electron chi connectivity index (χ0n) is 13.6. The molecule has 5 nitrogen and oxygen atoms in total. The first-order chi connectivity index (χ1) is 11.3. The lowest BCUT2D eigenvalue weighted by Gasteiger charge is -2.13. The molecule has 2 aromatic rings. The van der Waals surface area contributed by atoms with Crippen molar-refractivity contribution in [3.05, 3.63) is 57.6 Å². The van der Waals surface area contributed by atoms with Crippen molar-refractivity contribution in [2.45, 2.75) is 20.3 Å². The minimum absolute atomic E-state index is 0.0911. The van der Waals surface area contributed by atoms with Crippen molar-refractivity contribution in [1.29, 1.82) is 0 Å². The molecule has 0 heterocycles. The highest BCUT2D eigenvalue weighted by Gasteiger charge is 2.15. The zero-order valence-corrected chi connectivity index (χ0v) is 14.4. The van der Waals surface area contributed by atoms with E-state index in [1.54, 1.807) is 32.0 Å². The molecule has 1 amide bonds. The number of aryl methyl sites for hydroxylation is 2. The summed E-state index contributed by atoms with van der Waals surface area (Å²) in [6.07, 6.45) is 0.0911. The number of carbonyl (C=O) groups excluding carboxylic acids is 2. The van der Waals surface area contributed by atoms with Gasteiger partial charge in [-0.2, -0.15) is 0 Å². The maximum absolute atomic E-state index is 12.6. The lowest BCUT2D eigenvalue weighted by atomic mass is 10.0. The van der Waals surface area contributed by atoms with Gasteiger partial charge in [0.15, 0.2) is 0 Å². The number of benzene rings is 2. The molecule has 0 unspecified atom stereocenters. The van der Waals surface area contributed by atoms with E-state index in [1.807, 2.05) is 0 Å². The number of aromatic hydroxyl groups is 1. The molecule has 6 heteroatoms. The number of amides is 1. The topological polar surface area (TPSA) is 75.6 Å². The Kier molecular flexibility index (Phi) is 5.46. The van der Waals surface area contributed by atoms with Gasteiger partial charge in [-0.1, -0.05) is 17.7 Å². The molecule has 0 fully saturated rings. The number of anilines is 1. The number of methoxy groups -OCH3 is 1. The summed E-state index contributed by atoms with van der Waals surface area (Å²) in [5.74, 6) is -0.596. The molecular weight excluding hydrogens is 330 g/mol. The van der Waals surface area contributed by atoms with Crippen molar-refractivity contribution in [1.82, 2.24) is 0 Å². The fraction of sp³-hybridized carbons (Fsp3) is 0.222. The fourth-order valence-electron chi connectivity index (χ4n) is 2.50. The van der Waals surface area contributed by atoms with Crippen LogP contribution in [0.5, 0.6) is 5.75 Å². The van der Waals surface area contributed by atoms with Crippen molar-refractivity contribution in [2.24, 2.45) is 0 Å². The third-order valence-corrected chi connectivity index (χ3v) is 3.93. The van der Waals surface area contributed by atoms with Crippen molar-refractivity contribution in [2.75, 3.05) is 12.4 Å². The van der Waals surface area contributed by atoms with E-state index >= 15 is 0 Å². The molecule has 0 bridgehead atoms. The number of phenols is 1. The third-order valence-electron chi connectivity index (χ3n) is 3.60. The standard InChI is InChI=1S/C18H18ClNO4/c1-10-6-13(21)7-11(2)17(10)18(23)20-15-8-12(4-5-14(15)19)9-16(22)24-3/h4-8,21H,9H2,1-3H3,(H,20,23). The molecule has 2 rings (SSSR count). The highest BCUT2D eigenvalue weighted by molar-refractivity contribution is 6.34. The van der Waals surface area contributed by atoms with Crippen LogP contribution in [0.4, 0.5) is 5.69 Å². The van der Waals surface area contributed by atoms with Gasteiger partial charge in [-0.15, -0.1) is 0 Å². The van der Waals surface area contributed by atoms with Crippen LogP contribution in [0.25, 0.3) is 0 Å². The first-order valence-corrected chi connectivity index (χ1v) is 7.66. The highest BCUT2D eigenvalue weighted by atomic mass is 35.5. The number of hydrogen-bond acceptors (Lipinski definition) is 4. The Balaban J connectivity index is 2.29. The van der Waals surface area contributed by atoms with Gasteiger partial charge in [-0.3, -0.25) is 9.59 Å². The number of hydrogen-bond donors (Lipinski definition) is 2. The van der Waals surface area contributed by atoms with Crippen LogP contribution < -0.4 is 5.32 Å². The minimum atomic E-state index is -0.375. The maximum atomic E-state index is 12.6. The fourth-order valence-corrected chi connectivity index (χ4v) is 2.67. The monoisotopic (exact) mass is 347 g/mol. The van der Waals surface area contributed by atoms with Gasteiger partial charge in [0.05, 0.1) is 24.2 Å². The summed E-state index contributed by atoms with van der Waals surface area (Å²) in [5.41, 5.74) is 2.89. The van der Waals surface area contributed by atoms with Crippen LogP contribution in [0, 0.1) is 13.8 Å². The van der Waals surface area contributed by atoms with Gasteiger partial charge in [0.25, 0.3) is 5.91 Å². The summed E-state index contributed by atoms with van der Waals surface area (Å²) >= 11 is 6.13. The molecule has 126 valence electrons. The second-order valence-electron chi connectivity index (χ2n) is 5.48. The normalized spacial score (nSPS) is 10.3. The summed E-state index contributed by atoms with van der Waals surface area (Å²) in [4.78, 5) is 23.9. The van der Waals surface area contributed by atoms with E-state index in [9.17, 15) is 14.7 Å². The number of halogens is 1. The Bertz CT molecular complexity index is 779. The average Bonchev–Trinajstić information content (AvgIpc) is 2.49. The number of nitrogens with one attached hydrogen (secondary N) is 1. The Labute approximate surface area is 145 Å². The van der Waals surface area contributed by atoms with E-state index in [2.05, 4.69) is 10.1 Å². The average molecular weight is 348 g/mol. The summed E-state index contributed by atoms with van der Waals surface area (Å²) < 4.78 is 4.63. The van der Waals surface area contributed by atoms with Crippen molar-refractivity contribution in [3.63, 3.8) is 0 Å². The van der Waals surface area contributed by atoms with E-state index in [0.29, 0.717) is 33.0 Å². The first-order valence-electron chi connectivity index (χ1n) is 7.28. The number of rotatable bonds is 4. The summed E-state index contributed by atoms with van der Waals surface area (Å²) in [7, 11) is 1.32. The van der Waals surface area contributed by atoms with E-state index in [0.717, 1.165) is 0 Å². The van der Waals surface area contributed by atoms with Gasteiger partial charge in [-0.25, -0.2) is 0 Å². The molecule has 0 aromatic heterocycles. The predicted molar refractivity (Wildman–Crippen MR) is 92.7 cm³/mol. The lowest BCUT2D eigenvalue weighted by molar-refractivity contribution is -0.139. The molecule has 2 N–H and O–H groups in total. The quantitative estimate of drug-likeness (QED) is 0.828. The Hall–Kier alpha value is -2.53. The SMILES string of the molecule is COC(=O)Cc1ccc(Cl)c(NC(=O)c2c(C)cc(O)cc2C)c1. The second kappa shape index (κ2) is 7.36. The van der Waals surface area contributed by atoms with Gasteiger partial charge in [0.2, 0.25) is 0 Å². The van der Waals surface area contributed by atoms with Crippen LogP contribution in [0.3, 0.4) is 0 Å². The molecule has 0 spiro atoms. The number of phenolic OH excluding ortho intramolecular Hbond substituents is 1. The van der Waals surface area contributed by atoms with Gasteiger partial charge < -0.3 is 15.2 Å². The number of carbonyl (C=O) groups is 2. The molecule has 2 aromatic carbocycles. The molecule has 0 saturated carbocycles. The number of ether oxygens (including phenoxy) is 1.